The van der Waals surface area contributed by atoms with Crippen molar-refractivity contribution >= 4 is 34.8 Å². The summed E-state index contributed by atoms with van der Waals surface area (Å²) in [6.45, 7) is 3.41. The molecule has 1 aliphatic heterocycles. The summed E-state index contributed by atoms with van der Waals surface area (Å²) < 4.78 is 49.8. The molecule has 0 saturated carbocycles. The lowest BCUT2D eigenvalue weighted by atomic mass is 10.1. The highest BCUT2D eigenvalue weighted by Gasteiger charge is 2.32. The standard InChI is InChI=1S/C22H22F3N3O5/c1-2-33-21(31)14-4-3-5-16(12-14)26-19(29)20(30)27-17-13-15(22(23,24)25)6-7-18(17)28-8-10-32-11-9-28/h3-7,12-13H,2,8-11H2,1H3,(H,26,29)(H,27,30). The van der Waals surface area contributed by atoms with Gasteiger partial charge in [-0.25, -0.2) is 4.79 Å². The average molecular weight is 465 g/mol. The van der Waals surface area contributed by atoms with E-state index >= 15 is 0 Å². The zero-order valence-electron chi connectivity index (χ0n) is 17.7. The zero-order chi connectivity index (χ0) is 24.0. The molecular formula is C22H22F3N3O5. The maximum atomic E-state index is 13.2. The van der Waals surface area contributed by atoms with Crippen molar-refractivity contribution < 1.29 is 37.0 Å². The van der Waals surface area contributed by atoms with Gasteiger partial charge in [0.05, 0.1) is 42.3 Å². The van der Waals surface area contributed by atoms with Crippen LogP contribution in [0.1, 0.15) is 22.8 Å². The number of anilines is 3. The van der Waals surface area contributed by atoms with E-state index in [1.54, 1.807) is 11.8 Å². The van der Waals surface area contributed by atoms with Crippen molar-refractivity contribution in [1.29, 1.82) is 0 Å². The van der Waals surface area contributed by atoms with Crippen molar-refractivity contribution in [1.82, 2.24) is 0 Å². The number of nitrogens with zero attached hydrogens (tertiary/aromatic N) is 1. The van der Waals surface area contributed by atoms with Gasteiger partial charge in [-0.3, -0.25) is 9.59 Å². The second kappa shape index (κ2) is 10.3. The monoisotopic (exact) mass is 465 g/mol. The Kier molecular flexibility index (Phi) is 7.54. The molecule has 0 atom stereocenters. The van der Waals surface area contributed by atoms with Crippen LogP contribution in [0.5, 0.6) is 0 Å². The van der Waals surface area contributed by atoms with Gasteiger partial charge in [0.15, 0.2) is 0 Å². The highest BCUT2D eigenvalue weighted by Crippen LogP contribution is 2.35. The summed E-state index contributed by atoms with van der Waals surface area (Å²) in [6, 6.07) is 8.71. The number of hydrogen-bond donors (Lipinski definition) is 2. The first kappa shape index (κ1) is 24.1. The summed E-state index contributed by atoms with van der Waals surface area (Å²) in [5, 5.41) is 4.60. The molecule has 1 heterocycles. The van der Waals surface area contributed by atoms with Gasteiger partial charge in [0.25, 0.3) is 0 Å². The SMILES string of the molecule is CCOC(=O)c1cccc(NC(=O)C(=O)Nc2cc(C(F)(F)F)ccc2N2CCOCC2)c1. The molecule has 33 heavy (non-hydrogen) atoms. The van der Waals surface area contributed by atoms with Crippen LogP contribution in [-0.2, 0) is 25.2 Å². The molecule has 2 aromatic carbocycles. The lowest BCUT2D eigenvalue weighted by Gasteiger charge is -2.31. The van der Waals surface area contributed by atoms with Crippen LogP contribution in [0.2, 0.25) is 0 Å². The van der Waals surface area contributed by atoms with E-state index in [-0.39, 0.29) is 23.5 Å². The van der Waals surface area contributed by atoms with Crippen LogP contribution in [-0.4, -0.2) is 50.7 Å². The summed E-state index contributed by atoms with van der Waals surface area (Å²) in [5.74, 6) is -2.87. The number of amides is 2. The number of carbonyl (C=O) groups excluding carboxylic acids is 3. The number of halogens is 3. The Morgan fingerprint density at radius 3 is 2.39 bits per heavy atom. The molecule has 176 valence electrons. The van der Waals surface area contributed by atoms with Gasteiger partial charge in [0.2, 0.25) is 0 Å². The number of morpholine rings is 1. The summed E-state index contributed by atoms with van der Waals surface area (Å²) in [4.78, 5) is 38.5. The number of alkyl halides is 3. The molecule has 0 radical (unpaired) electrons. The van der Waals surface area contributed by atoms with Crippen molar-refractivity contribution in [3.8, 4) is 0 Å². The number of ether oxygens (including phenoxy) is 2. The molecule has 0 aliphatic carbocycles. The fourth-order valence-corrected chi connectivity index (χ4v) is 3.20. The van der Waals surface area contributed by atoms with E-state index in [2.05, 4.69) is 10.6 Å². The maximum Gasteiger partial charge on any atom is 0.416 e. The first-order chi connectivity index (χ1) is 15.7. The normalized spacial score (nSPS) is 13.9. The Bertz CT molecular complexity index is 1040. The van der Waals surface area contributed by atoms with E-state index in [1.807, 2.05) is 0 Å². The van der Waals surface area contributed by atoms with Gasteiger partial charge >= 0.3 is 24.0 Å². The highest BCUT2D eigenvalue weighted by molar-refractivity contribution is 6.44. The molecule has 1 fully saturated rings. The Balaban J connectivity index is 1.79. The van der Waals surface area contributed by atoms with Crippen molar-refractivity contribution in [2.75, 3.05) is 48.4 Å². The van der Waals surface area contributed by atoms with E-state index in [4.69, 9.17) is 9.47 Å². The second-order valence-corrected chi connectivity index (χ2v) is 7.04. The fraction of sp³-hybridized carbons (Fsp3) is 0.318. The van der Waals surface area contributed by atoms with E-state index < -0.39 is 29.5 Å². The summed E-state index contributed by atoms with van der Waals surface area (Å²) >= 11 is 0. The maximum absolute atomic E-state index is 13.2. The topological polar surface area (TPSA) is 97.0 Å². The largest absolute Gasteiger partial charge is 0.462 e. The minimum absolute atomic E-state index is 0.146. The van der Waals surface area contributed by atoms with Crippen LogP contribution in [0.3, 0.4) is 0 Å². The van der Waals surface area contributed by atoms with Crippen LogP contribution in [0.15, 0.2) is 42.5 Å². The Morgan fingerprint density at radius 2 is 1.73 bits per heavy atom. The Morgan fingerprint density at radius 1 is 1.03 bits per heavy atom. The number of hydrogen-bond acceptors (Lipinski definition) is 6. The molecule has 3 rings (SSSR count). The molecule has 2 N–H and O–H groups in total. The molecule has 8 nitrogen and oxygen atoms in total. The first-order valence-corrected chi connectivity index (χ1v) is 10.1. The van der Waals surface area contributed by atoms with Gasteiger partial charge in [-0.1, -0.05) is 6.07 Å². The zero-order valence-corrected chi connectivity index (χ0v) is 17.7. The van der Waals surface area contributed by atoms with Crippen molar-refractivity contribution in [2.24, 2.45) is 0 Å². The first-order valence-electron chi connectivity index (χ1n) is 10.1. The fourth-order valence-electron chi connectivity index (χ4n) is 3.20. The molecule has 1 saturated heterocycles. The number of esters is 1. The van der Waals surface area contributed by atoms with E-state index in [0.717, 1.165) is 12.1 Å². The summed E-state index contributed by atoms with van der Waals surface area (Å²) in [7, 11) is 0. The van der Waals surface area contributed by atoms with E-state index in [9.17, 15) is 27.6 Å². The summed E-state index contributed by atoms with van der Waals surface area (Å²) in [6.07, 6.45) is -4.63. The second-order valence-electron chi connectivity index (χ2n) is 7.04. The van der Waals surface area contributed by atoms with Crippen molar-refractivity contribution in [2.45, 2.75) is 13.1 Å². The van der Waals surface area contributed by atoms with Crippen LogP contribution in [0, 0.1) is 0 Å². The molecular weight excluding hydrogens is 443 g/mol. The molecule has 11 heteroatoms. The molecule has 0 spiro atoms. The number of rotatable bonds is 5. The van der Waals surface area contributed by atoms with Gasteiger partial charge in [-0.05, 0) is 43.3 Å². The van der Waals surface area contributed by atoms with Gasteiger partial charge in [-0.15, -0.1) is 0 Å². The smallest absolute Gasteiger partial charge is 0.416 e. The van der Waals surface area contributed by atoms with Crippen molar-refractivity contribution in [3.05, 3.63) is 53.6 Å². The molecule has 1 aliphatic rings. The van der Waals surface area contributed by atoms with Crippen LogP contribution >= 0.6 is 0 Å². The van der Waals surface area contributed by atoms with Crippen molar-refractivity contribution in [3.63, 3.8) is 0 Å². The third-order valence-corrected chi connectivity index (χ3v) is 4.76. The summed E-state index contributed by atoms with van der Waals surface area (Å²) in [5.41, 5.74) is -0.443. The average Bonchev–Trinajstić information content (AvgIpc) is 2.79. The molecule has 0 aromatic heterocycles. The third-order valence-electron chi connectivity index (χ3n) is 4.76. The number of benzene rings is 2. The van der Waals surface area contributed by atoms with Gasteiger partial charge in [-0.2, -0.15) is 13.2 Å². The van der Waals surface area contributed by atoms with E-state index in [0.29, 0.717) is 32.0 Å². The number of nitrogens with one attached hydrogen (secondary N) is 2. The Labute approximate surface area is 187 Å². The number of carbonyl (C=O) groups is 3. The highest BCUT2D eigenvalue weighted by atomic mass is 19.4. The lowest BCUT2D eigenvalue weighted by Crippen LogP contribution is -2.37. The van der Waals surface area contributed by atoms with Gasteiger partial charge < -0.3 is 25.0 Å². The predicted octanol–water partition coefficient (Wildman–Crippen LogP) is 3.30. The van der Waals surface area contributed by atoms with Gasteiger partial charge in [0, 0.05) is 18.8 Å². The molecule has 2 aromatic rings. The molecule has 0 unspecified atom stereocenters. The molecule has 2 amide bonds. The van der Waals surface area contributed by atoms with E-state index in [1.165, 1.54) is 30.3 Å². The minimum Gasteiger partial charge on any atom is -0.462 e. The predicted molar refractivity (Wildman–Crippen MR) is 114 cm³/mol. The molecule has 0 bridgehead atoms. The van der Waals surface area contributed by atoms with Crippen LogP contribution in [0.25, 0.3) is 0 Å². The third kappa shape index (κ3) is 6.22. The van der Waals surface area contributed by atoms with Gasteiger partial charge in [0.1, 0.15) is 0 Å². The minimum atomic E-state index is -4.63. The lowest BCUT2D eigenvalue weighted by molar-refractivity contribution is -0.137. The Hall–Kier alpha value is -3.60. The van der Waals surface area contributed by atoms with Crippen LogP contribution in [0.4, 0.5) is 30.2 Å². The quantitative estimate of drug-likeness (QED) is 0.520. The van der Waals surface area contributed by atoms with Crippen LogP contribution < -0.4 is 15.5 Å².